The van der Waals surface area contributed by atoms with Crippen molar-refractivity contribution in [3.8, 4) is 17.0 Å². The Kier molecular flexibility index (Phi) is 7.15. The average molecular weight is 459 g/mol. The summed E-state index contributed by atoms with van der Waals surface area (Å²) in [5.41, 5.74) is 2.76. The largest absolute Gasteiger partial charge is 0.494 e. The fourth-order valence-electron chi connectivity index (χ4n) is 3.07. The number of hydrogen-bond acceptors (Lipinski definition) is 4. The molecule has 0 spiro atoms. The summed E-state index contributed by atoms with van der Waals surface area (Å²) in [4.78, 5) is 28.7. The zero-order valence-electron chi connectivity index (χ0n) is 16.9. The number of aryl methyl sites for hydroxylation is 1. The molecule has 3 aromatic rings. The highest BCUT2D eigenvalue weighted by molar-refractivity contribution is 6.36. The maximum absolute atomic E-state index is 12.9. The second-order valence-electron chi connectivity index (χ2n) is 6.91. The molecular formula is C23H20Cl2N2O4. The van der Waals surface area contributed by atoms with E-state index in [2.05, 4.69) is 10.3 Å². The number of pyridine rings is 1. The topological polar surface area (TPSA) is 88.5 Å². The average Bonchev–Trinajstić information content (AvgIpc) is 2.73. The lowest BCUT2D eigenvalue weighted by Gasteiger charge is -2.18. The molecule has 0 aliphatic carbocycles. The monoisotopic (exact) mass is 458 g/mol. The van der Waals surface area contributed by atoms with Gasteiger partial charge in [0.2, 0.25) is 0 Å². The summed E-state index contributed by atoms with van der Waals surface area (Å²) < 4.78 is 5.37. The van der Waals surface area contributed by atoms with Crippen molar-refractivity contribution < 1.29 is 19.4 Å². The van der Waals surface area contributed by atoms with Gasteiger partial charge >= 0.3 is 5.97 Å². The Morgan fingerprint density at radius 2 is 1.81 bits per heavy atom. The Bertz CT molecular complexity index is 1120. The van der Waals surface area contributed by atoms with E-state index in [0.29, 0.717) is 32.6 Å². The van der Waals surface area contributed by atoms with Crippen LogP contribution in [0.1, 0.15) is 34.1 Å². The van der Waals surface area contributed by atoms with Gasteiger partial charge < -0.3 is 15.2 Å². The van der Waals surface area contributed by atoms with Crippen LogP contribution in [0.3, 0.4) is 0 Å². The normalized spacial score (nSPS) is 11.6. The predicted octanol–water partition coefficient (Wildman–Crippen LogP) is 5.32. The molecule has 0 fully saturated rings. The van der Waals surface area contributed by atoms with E-state index in [-0.39, 0.29) is 12.1 Å². The lowest BCUT2D eigenvalue weighted by Crippen LogP contribution is -2.31. The molecule has 8 heteroatoms. The van der Waals surface area contributed by atoms with Crippen LogP contribution in [0.15, 0.2) is 54.6 Å². The molecule has 3 rings (SSSR count). The van der Waals surface area contributed by atoms with E-state index in [1.165, 1.54) is 13.2 Å². The number of amides is 1. The molecule has 31 heavy (non-hydrogen) atoms. The van der Waals surface area contributed by atoms with Crippen molar-refractivity contribution in [2.24, 2.45) is 0 Å². The molecule has 160 valence electrons. The molecule has 2 N–H and O–H groups in total. The van der Waals surface area contributed by atoms with Gasteiger partial charge in [-0.25, -0.2) is 4.98 Å². The van der Waals surface area contributed by atoms with Crippen molar-refractivity contribution in [3.63, 3.8) is 0 Å². The van der Waals surface area contributed by atoms with Crippen LogP contribution in [0, 0.1) is 6.92 Å². The van der Waals surface area contributed by atoms with Crippen LogP contribution in [-0.2, 0) is 4.79 Å². The van der Waals surface area contributed by atoms with Crippen LogP contribution in [0.4, 0.5) is 0 Å². The van der Waals surface area contributed by atoms with Gasteiger partial charge in [0, 0.05) is 10.6 Å². The summed E-state index contributed by atoms with van der Waals surface area (Å²) in [6, 6.07) is 14.7. The highest BCUT2D eigenvalue weighted by atomic mass is 35.5. The van der Waals surface area contributed by atoms with Gasteiger partial charge in [0.1, 0.15) is 17.1 Å². The minimum atomic E-state index is -1.03. The van der Waals surface area contributed by atoms with Crippen LogP contribution in [0.5, 0.6) is 5.75 Å². The second-order valence-corrected chi connectivity index (χ2v) is 7.75. The Morgan fingerprint density at radius 3 is 2.42 bits per heavy atom. The minimum absolute atomic E-state index is 0.101. The van der Waals surface area contributed by atoms with Gasteiger partial charge in [0.15, 0.2) is 0 Å². The molecule has 1 atom stereocenters. The SMILES string of the molecule is COc1ccc(C(=O)N[C@@H](CC(=O)O)c2ccc(C)cc2)nc1-c1ccc(Cl)cc1Cl. The molecule has 0 aliphatic rings. The van der Waals surface area contributed by atoms with Gasteiger partial charge in [-0.15, -0.1) is 0 Å². The van der Waals surface area contributed by atoms with Crippen LogP contribution in [0.25, 0.3) is 11.3 Å². The zero-order chi connectivity index (χ0) is 22.5. The Hall–Kier alpha value is -3.09. The van der Waals surface area contributed by atoms with Crippen molar-refractivity contribution in [2.45, 2.75) is 19.4 Å². The number of hydrogen-bond donors (Lipinski definition) is 2. The minimum Gasteiger partial charge on any atom is -0.494 e. The van der Waals surface area contributed by atoms with E-state index in [1.807, 2.05) is 19.1 Å². The highest BCUT2D eigenvalue weighted by Crippen LogP contribution is 2.35. The number of nitrogens with zero attached hydrogens (tertiary/aromatic N) is 1. The number of carbonyl (C=O) groups is 2. The number of benzene rings is 2. The lowest BCUT2D eigenvalue weighted by atomic mass is 10.0. The fraction of sp³-hybridized carbons (Fsp3) is 0.174. The van der Waals surface area contributed by atoms with Crippen LogP contribution < -0.4 is 10.1 Å². The molecule has 1 amide bonds. The summed E-state index contributed by atoms with van der Waals surface area (Å²) in [7, 11) is 1.49. The molecule has 0 radical (unpaired) electrons. The molecule has 1 heterocycles. The van der Waals surface area contributed by atoms with Crippen LogP contribution >= 0.6 is 23.2 Å². The van der Waals surface area contributed by atoms with Gasteiger partial charge in [-0.1, -0.05) is 53.0 Å². The van der Waals surface area contributed by atoms with Gasteiger partial charge in [-0.2, -0.15) is 0 Å². The number of aromatic nitrogens is 1. The number of halogens is 2. The van der Waals surface area contributed by atoms with Crippen molar-refractivity contribution >= 4 is 35.1 Å². The van der Waals surface area contributed by atoms with E-state index in [4.69, 9.17) is 27.9 Å². The lowest BCUT2D eigenvalue weighted by molar-refractivity contribution is -0.137. The number of carboxylic acids is 1. The maximum atomic E-state index is 12.9. The van der Waals surface area contributed by atoms with E-state index in [9.17, 15) is 14.7 Å². The zero-order valence-corrected chi connectivity index (χ0v) is 18.4. The first kappa shape index (κ1) is 22.6. The molecule has 6 nitrogen and oxygen atoms in total. The maximum Gasteiger partial charge on any atom is 0.305 e. The molecule has 0 aliphatic heterocycles. The summed E-state index contributed by atoms with van der Waals surface area (Å²) in [5.74, 6) is -1.11. The van der Waals surface area contributed by atoms with Crippen molar-refractivity contribution in [3.05, 3.63) is 81.5 Å². The first-order valence-electron chi connectivity index (χ1n) is 9.38. The number of methoxy groups -OCH3 is 1. The second kappa shape index (κ2) is 9.81. The molecule has 2 aromatic carbocycles. The van der Waals surface area contributed by atoms with Crippen molar-refractivity contribution in [1.29, 1.82) is 0 Å². The molecule has 1 aromatic heterocycles. The van der Waals surface area contributed by atoms with Crippen LogP contribution in [0.2, 0.25) is 10.0 Å². The molecule has 0 bridgehead atoms. The summed E-state index contributed by atoms with van der Waals surface area (Å²) >= 11 is 12.3. The summed E-state index contributed by atoms with van der Waals surface area (Å²) in [6.07, 6.45) is -0.263. The number of nitrogens with one attached hydrogen (secondary N) is 1. The molecule has 0 saturated heterocycles. The molecule has 0 unspecified atom stereocenters. The Morgan fingerprint density at radius 1 is 1.10 bits per heavy atom. The van der Waals surface area contributed by atoms with E-state index in [1.54, 1.807) is 36.4 Å². The fourth-order valence-corrected chi connectivity index (χ4v) is 3.57. The van der Waals surface area contributed by atoms with Gasteiger partial charge in [-0.3, -0.25) is 9.59 Å². The van der Waals surface area contributed by atoms with Gasteiger partial charge in [0.05, 0.1) is 24.6 Å². The number of rotatable bonds is 7. The third-order valence-electron chi connectivity index (χ3n) is 4.66. The summed E-state index contributed by atoms with van der Waals surface area (Å²) in [6.45, 7) is 1.93. The number of carbonyl (C=O) groups excluding carboxylic acids is 1. The smallest absolute Gasteiger partial charge is 0.305 e. The standard InChI is InChI=1S/C23H20Cl2N2O4/c1-13-3-5-14(6-4-13)19(12-21(28)29)27-23(30)18-9-10-20(31-2)22(26-18)16-8-7-15(24)11-17(16)25/h3-11,19H,12H2,1-2H3,(H,27,30)(H,28,29)/t19-/m0/s1. The number of carboxylic acid groups (broad SMARTS) is 1. The number of ether oxygens (including phenoxy) is 1. The number of aliphatic carboxylic acids is 1. The quantitative estimate of drug-likeness (QED) is 0.500. The first-order chi connectivity index (χ1) is 14.8. The molecule has 0 saturated carbocycles. The van der Waals surface area contributed by atoms with Gasteiger partial charge in [-0.05, 0) is 42.8 Å². The van der Waals surface area contributed by atoms with Gasteiger partial charge in [0.25, 0.3) is 5.91 Å². The first-order valence-corrected chi connectivity index (χ1v) is 10.1. The van der Waals surface area contributed by atoms with Crippen molar-refractivity contribution in [1.82, 2.24) is 10.3 Å². The Balaban J connectivity index is 1.94. The van der Waals surface area contributed by atoms with Crippen molar-refractivity contribution in [2.75, 3.05) is 7.11 Å². The molecular weight excluding hydrogens is 439 g/mol. The third kappa shape index (κ3) is 5.54. The third-order valence-corrected chi connectivity index (χ3v) is 5.21. The van der Waals surface area contributed by atoms with E-state index < -0.39 is 17.9 Å². The van der Waals surface area contributed by atoms with Crippen LogP contribution in [-0.4, -0.2) is 29.1 Å². The Labute approximate surface area is 189 Å². The summed E-state index contributed by atoms with van der Waals surface area (Å²) in [5, 5.41) is 12.9. The predicted molar refractivity (Wildman–Crippen MR) is 120 cm³/mol. The highest BCUT2D eigenvalue weighted by Gasteiger charge is 2.21. The van der Waals surface area contributed by atoms with E-state index in [0.717, 1.165) is 5.56 Å². The van der Waals surface area contributed by atoms with E-state index >= 15 is 0 Å².